The van der Waals surface area contributed by atoms with Gasteiger partial charge in [0.2, 0.25) is 11.8 Å². The topological polar surface area (TPSA) is 88.7 Å². The van der Waals surface area contributed by atoms with Crippen LogP contribution in [0.25, 0.3) is 0 Å². The molecule has 0 aromatic heterocycles. The Bertz CT molecular complexity index is 635. The summed E-state index contributed by atoms with van der Waals surface area (Å²) in [6, 6.07) is -0.179. The summed E-state index contributed by atoms with van der Waals surface area (Å²) in [5.74, 6) is 0.703. The highest BCUT2D eigenvalue weighted by Crippen LogP contribution is 2.60. The molecule has 0 radical (unpaired) electrons. The fourth-order valence-corrected chi connectivity index (χ4v) is 6.77. The zero-order valence-electron chi connectivity index (χ0n) is 16.5. The van der Waals surface area contributed by atoms with Gasteiger partial charge in [-0.25, -0.2) is 0 Å². The summed E-state index contributed by atoms with van der Waals surface area (Å²) >= 11 is 14.0. The van der Waals surface area contributed by atoms with Crippen LogP contribution in [0.3, 0.4) is 0 Å². The third kappa shape index (κ3) is 4.83. The van der Waals surface area contributed by atoms with Crippen LogP contribution in [0.5, 0.6) is 0 Å². The maximum Gasteiger partial charge on any atom is 0.246 e. The van der Waals surface area contributed by atoms with Crippen LogP contribution in [0.1, 0.15) is 38.5 Å². The molecule has 7 nitrogen and oxygen atoms in total. The van der Waals surface area contributed by atoms with Crippen LogP contribution in [0.15, 0.2) is 0 Å². The van der Waals surface area contributed by atoms with Gasteiger partial charge in [-0.05, 0) is 38.5 Å². The molecule has 5 atom stereocenters. The van der Waals surface area contributed by atoms with Crippen molar-refractivity contribution in [3.63, 3.8) is 0 Å². The first-order valence-electron chi connectivity index (χ1n) is 10.2. The molecule has 5 aliphatic rings. The van der Waals surface area contributed by atoms with E-state index in [1.165, 1.54) is 0 Å². The van der Waals surface area contributed by atoms with Gasteiger partial charge < -0.3 is 20.1 Å². The van der Waals surface area contributed by atoms with E-state index < -0.39 is 0 Å². The molecule has 164 valence electrons. The second kappa shape index (κ2) is 8.71. The molecule has 2 amide bonds. The number of nitrogens with one attached hydrogen (secondary N) is 3. The third-order valence-electron chi connectivity index (χ3n) is 6.40. The van der Waals surface area contributed by atoms with Crippen molar-refractivity contribution < 1.29 is 19.1 Å². The zero-order valence-corrected chi connectivity index (χ0v) is 18.9. The SMILES string of the molecule is COCC1NC(C(=O)NC23CC(NC(=O)COC4CCC(Cl)C(Cl)C4)(C2)C3)CS1. The lowest BCUT2D eigenvalue weighted by molar-refractivity contribution is -0.153. The van der Waals surface area contributed by atoms with E-state index in [1.807, 2.05) is 0 Å². The minimum absolute atomic E-state index is 0.00405. The van der Waals surface area contributed by atoms with Crippen molar-refractivity contribution >= 4 is 46.8 Å². The largest absolute Gasteiger partial charge is 0.382 e. The molecule has 29 heavy (non-hydrogen) atoms. The number of amides is 2. The highest BCUT2D eigenvalue weighted by Gasteiger charge is 2.69. The Morgan fingerprint density at radius 1 is 1.14 bits per heavy atom. The summed E-state index contributed by atoms with van der Waals surface area (Å²) in [5.41, 5.74) is -0.325. The Balaban J connectivity index is 1.14. The predicted octanol–water partition coefficient (Wildman–Crippen LogP) is 1.36. The molecule has 4 saturated carbocycles. The number of carbonyl (C=O) groups excluding carboxylic acids is 2. The van der Waals surface area contributed by atoms with Crippen molar-refractivity contribution in [3.05, 3.63) is 0 Å². The Morgan fingerprint density at radius 2 is 1.86 bits per heavy atom. The maximum atomic E-state index is 12.5. The molecule has 3 N–H and O–H groups in total. The van der Waals surface area contributed by atoms with Crippen molar-refractivity contribution in [2.45, 2.75) is 77.9 Å². The number of carbonyl (C=O) groups is 2. The molecule has 1 heterocycles. The molecule has 1 aliphatic heterocycles. The molecular formula is C19H29Cl2N3O4S. The highest BCUT2D eigenvalue weighted by atomic mass is 35.5. The molecule has 5 rings (SSSR count). The lowest BCUT2D eigenvalue weighted by Crippen LogP contribution is -2.84. The number of thioether (sulfide) groups is 1. The number of hydrogen-bond acceptors (Lipinski definition) is 6. The lowest BCUT2D eigenvalue weighted by atomic mass is 9.44. The van der Waals surface area contributed by atoms with Crippen molar-refractivity contribution in [1.29, 1.82) is 0 Å². The van der Waals surface area contributed by atoms with Gasteiger partial charge >= 0.3 is 0 Å². The second-order valence-corrected chi connectivity index (χ2v) is 11.3. The average Bonchev–Trinajstić information content (AvgIpc) is 3.09. The Kier molecular flexibility index (Phi) is 6.60. The van der Waals surface area contributed by atoms with Crippen LogP contribution in [0.4, 0.5) is 0 Å². The van der Waals surface area contributed by atoms with E-state index >= 15 is 0 Å². The molecule has 0 aromatic carbocycles. The normalized spacial score (nSPS) is 43.2. The van der Waals surface area contributed by atoms with Crippen molar-refractivity contribution in [1.82, 2.24) is 16.0 Å². The van der Waals surface area contributed by atoms with Crippen LogP contribution >= 0.6 is 35.0 Å². The van der Waals surface area contributed by atoms with E-state index in [0.717, 1.165) is 37.9 Å². The smallest absolute Gasteiger partial charge is 0.246 e. The Morgan fingerprint density at radius 3 is 2.55 bits per heavy atom. The summed E-state index contributed by atoms with van der Waals surface area (Å²) in [5, 5.41) is 9.64. The van der Waals surface area contributed by atoms with Gasteiger partial charge in [-0.2, -0.15) is 0 Å². The number of alkyl halides is 2. The summed E-state index contributed by atoms with van der Waals surface area (Å²) in [7, 11) is 1.66. The maximum absolute atomic E-state index is 12.5. The van der Waals surface area contributed by atoms with Crippen LogP contribution in [0, 0.1) is 0 Å². The molecule has 0 aromatic rings. The number of halogens is 2. The second-order valence-electron chi connectivity index (χ2n) is 8.90. The fourth-order valence-electron chi connectivity index (χ4n) is 5.05. The van der Waals surface area contributed by atoms with E-state index in [-0.39, 0.29) is 57.8 Å². The number of methoxy groups -OCH3 is 1. The monoisotopic (exact) mass is 465 g/mol. The first-order chi connectivity index (χ1) is 13.8. The number of rotatable bonds is 8. The van der Waals surface area contributed by atoms with Crippen LogP contribution in [-0.2, 0) is 19.1 Å². The summed E-state index contributed by atoms with van der Waals surface area (Å²) in [6.07, 6.45) is 4.70. The van der Waals surface area contributed by atoms with Gasteiger partial charge in [-0.3, -0.25) is 14.9 Å². The van der Waals surface area contributed by atoms with E-state index in [2.05, 4.69) is 16.0 Å². The number of hydrogen-bond donors (Lipinski definition) is 3. The Hall–Kier alpha value is -0.250. The van der Waals surface area contributed by atoms with Crippen LogP contribution < -0.4 is 16.0 Å². The van der Waals surface area contributed by atoms with Crippen LogP contribution in [0.2, 0.25) is 0 Å². The van der Waals surface area contributed by atoms with Gasteiger partial charge in [0.25, 0.3) is 0 Å². The first kappa shape index (κ1) is 22.0. The van der Waals surface area contributed by atoms with Crippen LogP contribution in [-0.4, -0.2) is 77.2 Å². The molecule has 5 fully saturated rings. The molecule has 5 unspecified atom stereocenters. The van der Waals surface area contributed by atoms with Crippen molar-refractivity contribution in [2.75, 3.05) is 26.1 Å². The van der Waals surface area contributed by atoms with Crippen molar-refractivity contribution in [2.24, 2.45) is 0 Å². The number of ether oxygens (including phenoxy) is 2. The zero-order chi connectivity index (χ0) is 20.6. The van der Waals surface area contributed by atoms with E-state index in [4.69, 9.17) is 32.7 Å². The lowest BCUT2D eigenvalue weighted by Gasteiger charge is -2.70. The molecule has 1 saturated heterocycles. The summed E-state index contributed by atoms with van der Waals surface area (Å²) < 4.78 is 10.9. The molecular weight excluding hydrogens is 437 g/mol. The van der Waals surface area contributed by atoms with Gasteiger partial charge in [0, 0.05) is 23.9 Å². The van der Waals surface area contributed by atoms with E-state index in [1.54, 1.807) is 18.9 Å². The van der Waals surface area contributed by atoms with Gasteiger partial charge in [-0.1, -0.05) is 0 Å². The van der Waals surface area contributed by atoms with E-state index in [9.17, 15) is 9.59 Å². The highest BCUT2D eigenvalue weighted by molar-refractivity contribution is 8.00. The standard InChI is InChI=1S/C19H29Cl2N3O4S/c1-27-6-16-22-14(7-29-16)17(26)24-19-8-18(9-19,10-19)23-15(25)5-28-11-2-3-12(20)13(21)4-11/h11-14,16,22H,2-10H2,1H3,(H,23,25)(H,24,26). The average molecular weight is 466 g/mol. The minimum Gasteiger partial charge on any atom is -0.382 e. The third-order valence-corrected chi connectivity index (χ3v) is 8.74. The predicted molar refractivity (Wildman–Crippen MR) is 114 cm³/mol. The van der Waals surface area contributed by atoms with Gasteiger partial charge in [0.1, 0.15) is 6.61 Å². The molecule has 4 aliphatic carbocycles. The van der Waals surface area contributed by atoms with Crippen molar-refractivity contribution in [3.8, 4) is 0 Å². The first-order valence-corrected chi connectivity index (χ1v) is 12.1. The molecule has 10 heteroatoms. The summed E-state index contributed by atoms with van der Waals surface area (Å²) in [6.45, 7) is 0.641. The quantitative estimate of drug-likeness (QED) is 0.469. The van der Waals surface area contributed by atoms with Gasteiger partial charge in [-0.15, -0.1) is 35.0 Å². The Labute approximate surface area is 185 Å². The van der Waals surface area contributed by atoms with Gasteiger partial charge in [0.15, 0.2) is 0 Å². The van der Waals surface area contributed by atoms with Gasteiger partial charge in [0.05, 0.1) is 34.9 Å². The minimum atomic E-state index is -0.179. The fraction of sp³-hybridized carbons (Fsp3) is 0.895. The van der Waals surface area contributed by atoms with E-state index in [0.29, 0.717) is 13.0 Å². The molecule has 2 bridgehead atoms. The summed E-state index contributed by atoms with van der Waals surface area (Å²) in [4.78, 5) is 24.8. The molecule has 0 spiro atoms.